The van der Waals surface area contributed by atoms with Gasteiger partial charge in [-0.1, -0.05) is 11.6 Å². The highest BCUT2D eigenvalue weighted by molar-refractivity contribution is 6.32. The summed E-state index contributed by atoms with van der Waals surface area (Å²) in [4.78, 5) is 17.0. The summed E-state index contributed by atoms with van der Waals surface area (Å²) in [5.41, 5.74) is 1.21. The van der Waals surface area contributed by atoms with Crippen LogP contribution in [0.2, 0.25) is 5.02 Å². The van der Waals surface area contributed by atoms with E-state index in [0.717, 1.165) is 0 Å². The number of hydrogen-bond acceptors (Lipinski definition) is 6. The molecule has 2 aromatic rings. The van der Waals surface area contributed by atoms with Gasteiger partial charge in [0, 0.05) is 6.20 Å². The molecule has 6 nitrogen and oxygen atoms in total. The molecular weight excluding hydrogens is 322 g/mol. The van der Waals surface area contributed by atoms with Gasteiger partial charge in [0.15, 0.2) is 11.5 Å². The Kier molecular flexibility index (Phi) is 4.65. The third-order valence-electron chi connectivity index (χ3n) is 3.53. The first kappa shape index (κ1) is 16.9. The van der Waals surface area contributed by atoms with Crippen molar-refractivity contribution < 1.29 is 24.5 Å². The van der Waals surface area contributed by atoms with Crippen LogP contribution in [-0.4, -0.2) is 35.2 Å². The van der Waals surface area contributed by atoms with Gasteiger partial charge in [-0.3, -0.25) is 4.79 Å². The molecule has 0 atom stereocenters. The zero-order valence-electron chi connectivity index (χ0n) is 13.1. The molecular formula is C16H16ClNO5. The number of methoxy groups -OCH3 is 2. The summed E-state index contributed by atoms with van der Waals surface area (Å²) in [5.74, 6) is -1.35. The number of hydrogen-bond donors (Lipinski definition) is 2. The molecule has 7 heteroatoms. The van der Waals surface area contributed by atoms with Crippen LogP contribution >= 0.6 is 11.6 Å². The Balaban J connectivity index is 2.77. The minimum atomic E-state index is -0.506. The van der Waals surface area contributed by atoms with Crippen LogP contribution in [0.5, 0.6) is 23.1 Å². The van der Waals surface area contributed by atoms with Crippen molar-refractivity contribution in [2.75, 3.05) is 14.2 Å². The number of ketones is 1. The lowest BCUT2D eigenvalue weighted by Crippen LogP contribution is -2.11. The van der Waals surface area contributed by atoms with Crippen molar-refractivity contribution in [2.24, 2.45) is 0 Å². The van der Waals surface area contributed by atoms with Crippen LogP contribution in [0.15, 0.2) is 12.3 Å². The van der Waals surface area contributed by atoms with Crippen LogP contribution in [-0.2, 0) is 0 Å². The van der Waals surface area contributed by atoms with Crippen molar-refractivity contribution in [3.05, 3.63) is 39.5 Å². The number of nitrogens with zero attached hydrogens (tertiary/aromatic N) is 1. The number of carbonyl (C=O) groups is 1. The van der Waals surface area contributed by atoms with Gasteiger partial charge in [-0.2, -0.15) is 0 Å². The molecule has 2 N–H and O–H groups in total. The molecule has 0 saturated carbocycles. The number of rotatable bonds is 4. The summed E-state index contributed by atoms with van der Waals surface area (Å²) < 4.78 is 10.2. The highest BCUT2D eigenvalue weighted by atomic mass is 35.5. The maximum atomic E-state index is 13.0. The molecule has 0 amide bonds. The summed E-state index contributed by atoms with van der Waals surface area (Å²) in [6, 6.07) is 1.28. The van der Waals surface area contributed by atoms with Gasteiger partial charge in [0.1, 0.15) is 0 Å². The van der Waals surface area contributed by atoms with E-state index in [1.165, 1.54) is 26.5 Å². The van der Waals surface area contributed by atoms with Crippen LogP contribution < -0.4 is 9.47 Å². The smallest absolute Gasteiger partial charge is 0.224 e. The van der Waals surface area contributed by atoms with Gasteiger partial charge in [-0.05, 0) is 31.0 Å². The highest BCUT2D eigenvalue weighted by Crippen LogP contribution is 2.42. The fraction of sp³-hybridized carbons (Fsp3) is 0.250. The molecule has 0 bridgehead atoms. The summed E-state index contributed by atoms with van der Waals surface area (Å²) in [5, 5.41) is 20.0. The normalized spacial score (nSPS) is 10.5. The molecule has 0 saturated heterocycles. The van der Waals surface area contributed by atoms with E-state index >= 15 is 0 Å². The first-order valence-corrected chi connectivity index (χ1v) is 7.04. The molecule has 122 valence electrons. The molecule has 1 heterocycles. The molecule has 1 aromatic heterocycles. The van der Waals surface area contributed by atoms with Gasteiger partial charge in [0.2, 0.25) is 17.4 Å². The fourth-order valence-corrected chi connectivity index (χ4v) is 2.49. The molecule has 0 radical (unpaired) electrons. The molecule has 23 heavy (non-hydrogen) atoms. The average molecular weight is 338 g/mol. The first-order chi connectivity index (χ1) is 10.8. The van der Waals surface area contributed by atoms with Crippen LogP contribution in [0.4, 0.5) is 0 Å². The second-order valence-corrected chi connectivity index (χ2v) is 5.32. The van der Waals surface area contributed by atoms with Crippen molar-refractivity contribution in [1.82, 2.24) is 4.98 Å². The summed E-state index contributed by atoms with van der Waals surface area (Å²) in [7, 11) is 2.69. The monoisotopic (exact) mass is 337 g/mol. The SMILES string of the molecule is COc1ncc(Cl)c(C)c1C(=O)c1c(C)cc(O)c(O)c1OC. The van der Waals surface area contributed by atoms with E-state index in [4.69, 9.17) is 21.1 Å². The lowest BCUT2D eigenvalue weighted by Gasteiger charge is -2.16. The van der Waals surface area contributed by atoms with Crippen LogP contribution in [0.1, 0.15) is 27.0 Å². The number of pyridine rings is 1. The number of halogens is 1. The Morgan fingerprint density at radius 3 is 2.39 bits per heavy atom. The number of aromatic hydroxyl groups is 2. The Hall–Kier alpha value is -2.47. The second-order valence-electron chi connectivity index (χ2n) is 4.91. The molecule has 0 aliphatic heterocycles. The van der Waals surface area contributed by atoms with Crippen molar-refractivity contribution in [1.29, 1.82) is 0 Å². The third kappa shape index (κ3) is 2.77. The van der Waals surface area contributed by atoms with E-state index in [1.807, 2.05) is 0 Å². The van der Waals surface area contributed by atoms with Crippen molar-refractivity contribution in [2.45, 2.75) is 13.8 Å². The molecule has 0 fully saturated rings. The molecule has 0 aliphatic carbocycles. The van der Waals surface area contributed by atoms with E-state index in [0.29, 0.717) is 16.1 Å². The number of phenols is 2. The minimum absolute atomic E-state index is 0.105. The zero-order valence-corrected chi connectivity index (χ0v) is 13.9. The van der Waals surface area contributed by atoms with Gasteiger partial charge >= 0.3 is 0 Å². The Morgan fingerprint density at radius 1 is 1.17 bits per heavy atom. The number of aryl methyl sites for hydroxylation is 1. The lowest BCUT2D eigenvalue weighted by molar-refractivity contribution is 0.103. The lowest BCUT2D eigenvalue weighted by atomic mass is 9.95. The minimum Gasteiger partial charge on any atom is -0.504 e. The van der Waals surface area contributed by atoms with E-state index in [2.05, 4.69) is 4.98 Å². The Labute approximate surface area is 138 Å². The maximum Gasteiger partial charge on any atom is 0.224 e. The van der Waals surface area contributed by atoms with Crippen LogP contribution in [0.3, 0.4) is 0 Å². The van der Waals surface area contributed by atoms with Crippen LogP contribution in [0.25, 0.3) is 0 Å². The van der Waals surface area contributed by atoms with E-state index in [-0.39, 0.29) is 28.5 Å². The quantitative estimate of drug-likeness (QED) is 0.658. The predicted octanol–water partition coefficient (Wildman–Crippen LogP) is 3.01. The topological polar surface area (TPSA) is 88.9 Å². The Morgan fingerprint density at radius 2 is 1.83 bits per heavy atom. The Bertz CT molecular complexity index is 789. The van der Waals surface area contributed by atoms with E-state index in [9.17, 15) is 15.0 Å². The van der Waals surface area contributed by atoms with E-state index in [1.54, 1.807) is 13.8 Å². The molecule has 0 aliphatic rings. The highest BCUT2D eigenvalue weighted by Gasteiger charge is 2.27. The standard InChI is InChI=1S/C16H16ClNO5/c1-7-5-10(19)13(20)15(22-3)11(7)14(21)12-8(2)9(17)6-18-16(12)23-4/h5-6,19-20H,1-4H3. The van der Waals surface area contributed by atoms with E-state index < -0.39 is 11.5 Å². The van der Waals surface area contributed by atoms with Crippen molar-refractivity contribution >= 4 is 17.4 Å². The third-order valence-corrected chi connectivity index (χ3v) is 3.91. The van der Waals surface area contributed by atoms with Gasteiger partial charge in [-0.15, -0.1) is 0 Å². The number of benzene rings is 1. The number of ether oxygens (including phenoxy) is 2. The summed E-state index contributed by atoms with van der Waals surface area (Å²) >= 11 is 6.05. The molecule has 0 spiro atoms. The first-order valence-electron chi connectivity index (χ1n) is 6.66. The zero-order chi connectivity index (χ0) is 17.3. The molecule has 1 aromatic carbocycles. The van der Waals surface area contributed by atoms with Crippen molar-refractivity contribution in [3.63, 3.8) is 0 Å². The maximum absolute atomic E-state index is 13.0. The van der Waals surface area contributed by atoms with Crippen LogP contribution in [0, 0.1) is 13.8 Å². The average Bonchev–Trinajstić information content (AvgIpc) is 2.52. The largest absolute Gasteiger partial charge is 0.504 e. The number of carbonyl (C=O) groups excluding carboxylic acids is 1. The number of aromatic nitrogens is 1. The summed E-state index contributed by atoms with van der Waals surface area (Å²) in [6.45, 7) is 3.29. The second kappa shape index (κ2) is 6.34. The van der Waals surface area contributed by atoms with Gasteiger partial charge in [-0.25, -0.2) is 4.98 Å². The predicted molar refractivity (Wildman–Crippen MR) is 85.0 cm³/mol. The van der Waals surface area contributed by atoms with Gasteiger partial charge in [0.25, 0.3) is 0 Å². The summed E-state index contributed by atoms with van der Waals surface area (Å²) in [6.07, 6.45) is 1.39. The van der Waals surface area contributed by atoms with Crippen molar-refractivity contribution in [3.8, 4) is 23.1 Å². The number of phenolic OH excluding ortho intramolecular Hbond substituents is 2. The molecule has 2 rings (SSSR count). The van der Waals surface area contributed by atoms with Gasteiger partial charge in [0.05, 0.1) is 30.4 Å². The molecule has 0 unspecified atom stereocenters. The fourth-order valence-electron chi connectivity index (χ4n) is 2.34. The van der Waals surface area contributed by atoms with Gasteiger partial charge < -0.3 is 19.7 Å².